The number of aromatic nitrogens is 2. The van der Waals surface area contributed by atoms with Crippen LogP contribution >= 0.6 is 11.6 Å². The van der Waals surface area contributed by atoms with E-state index in [0.29, 0.717) is 27.7 Å². The van der Waals surface area contributed by atoms with Crippen LogP contribution in [0, 0.1) is 12.7 Å². The molecule has 16 heavy (non-hydrogen) atoms. The molecule has 0 atom stereocenters. The van der Waals surface area contributed by atoms with Gasteiger partial charge in [0.1, 0.15) is 18.0 Å². The highest BCUT2D eigenvalue weighted by atomic mass is 35.5. The number of hydrogen-bond acceptors (Lipinski definition) is 3. The molecule has 0 aliphatic carbocycles. The zero-order valence-corrected chi connectivity index (χ0v) is 9.29. The maximum atomic E-state index is 12.9. The number of nitrogens with two attached hydrogens (primary N) is 1. The Kier molecular flexibility index (Phi) is 2.75. The van der Waals surface area contributed by atoms with Crippen LogP contribution in [-0.2, 0) is 0 Å². The summed E-state index contributed by atoms with van der Waals surface area (Å²) in [6, 6.07) is 4.13. The molecule has 0 amide bonds. The number of anilines is 1. The average molecular weight is 238 g/mol. The third-order valence-corrected chi connectivity index (χ3v) is 2.58. The molecule has 0 saturated heterocycles. The molecule has 0 saturated carbocycles. The van der Waals surface area contributed by atoms with E-state index in [1.165, 1.54) is 18.5 Å². The van der Waals surface area contributed by atoms with E-state index in [9.17, 15) is 4.39 Å². The third-order valence-electron chi connectivity index (χ3n) is 2.27. The van der Waals surface area contributed by atoms with Crippen LogP contribution in [0.4, 0.5) is 10.2 Å². The van der Waals surface area contributed by atoms with E-state index >= 15 is 0 Å². The van der Waals surface area contributed by atoms with Crippen LogP contribution in [-0.4, -0.2) is 9.97 Å². The van der Waals surface area contributed by atoms with Crippen molar-refractivity contribution in [1.82, 2.24) is 9.97 Å². The van der Waals surface area contributed by atoms with Crippen LogP contribution in [0.15, 0.2) is 24.5 Å². The fraction of sp³-hybridized carbons (Fsp3) is 0.0909. The van der Waals surface area contributed by atoms with Gasteiger partial charge in [-0.2, -0.15) is 0 Å². The van der Waals surface area contributed by atoms with Crippen molar-refractivity contribution in [2.75, 3.05) is 5.73 Å². The third kappa shape index (κ3) is 1.84. The van der Waals surface area contributed by atoms with Gasteiger partial charge in [-0.15, -0.1) is 0 Å². The van der Waals surface area contributed by atoms with Crippen LogP contribution < -0.4 is 5.73 Å². The molecule has 1 aromatic heterocycles. The van der Waals surface area contributed by atoms with Crippen molar-refractivity contribution >= 4 is 17.4 Å². The second-order valence-corrected chi connectivity index (χ2v) is 3.75. The van der Waals surface area contributed by atoms with Crippen LogP contribution in [0.2, 0.25) is 5.02 Å². The first-order valence-corrected chi connectivity index (χ1v) is 5.00. The van der Waals surface area contributed by atoms with Gasteiger partial charge in [0.25, 0.3) is 0 Å². The minimum atomic E-state index is -0.387. The second-order valence-electron chi connectivity index (χ2n) is 3.34. The van der Waals surface area contributed by atoms with Gasteiger partial charge in [-0.25, -0.2) is 14.4 Å². The molecule has 3 nitrogen and oxygen atoms in total. The number of halogens is 2. The lowest BCUT2D eigenvalue weighted by molar-refractivity contribution is 0.628. The Morgan fingerprint density at radius 3 is 2.69 bits per heavy atom. The van der Waals surface area contributed by atoms with Crippen molar-refractivity contribution in [3.8, 4) is 11.1 Å². The van der Waals surface area contributed by atoms with E-state index in [-0.39, 0.29) is 5.82 Å². The molecule has 2 N–H and O–H groups in total. The number of rotatable bonds is 1. The molecule has 1 heterocycles. The van der Waals surface area contributed by atoms with E-state index in [0.717, 1.165) is 0 Å². The summed E-state index contributed by atoms with van der Waals surface area (Å²) >= 11 is 5.96. The first-order chi connectivity index (χ1) is 7.59. The van der Waals surface area contributed by atoms with E-state index in [1.54, 1.807) is 13.0 Å². The molecule has 0 unspecified atom stereocenters. The second kappa shape index (κ2) is 4.06. The van der Waals surface area contributed by atoms with Crippen LogP contribution in [0.3, 0.4) is 0 Å². The highest BCUT2D eigenvalue weighted by Gasteiger charge is 2.12. The summed E-state index contributed by atoms with van der Waals surface area (Å²) < 4.78 is 12.9. The van der Waals surface area contributed by atoms with Crippen molar-refractivity contribution in [3.63, 3.8) is 0 Å². The Hall–Kier alpha value is -1.68. The smallest absolute Gasteiger partial charge is 0.135 e. The van der Waals surface area contributed by atoms with Crippen LogP contribution in [0.5, 0.6) is 0 Å². The molecule has 0 aliphatic rings. The molecule has 0 fully saturated rings. The van der Waals surface area contributed by atoms with Gasteiger partial charge >= 0.3 is 0 Å². The molecular weight excluding hydrogens is 229 g/mol. The normalized spacial score (nSPS) is 10.4. The van der Waals surface area contributed by atoms with Gasteiger partial charge in [-0.1, -0.05) is 11.6 Å². The van der Waals surface area contributed by atoms with Gasteiger partial charge < -0.3 is 5.73 Å². The first kappa shape index (κ1) is 10.8. The van der Waals surface area contributed by atoms with Gasteiger partial charge in [-0.05, 0) is 25.1 Å². The van der Waals surface area contributed by atoms with E-state index in [1.807, 2.05) is 0 Å². The summed E-state index contributed by atoms with van der Waals surface area (Å²) in [6.45, 7) is 1.80. The minimum absolute atomic E-state index is 0.296. The molecule has 2 rings (SSSR count). The number of benzene rings is 1. The van der Waals surface area contributed by atoms with Gasteiger partial charge in [0.05, 0.1) is 10.7 Å². The molecule has 5 heteroatoms. The average Bonchev–Trinajstić information content (AvgIpc) is 2.20. The van der Waals surface area contributed by atoms with Gasteiger partial charge in [0.2, 0.25) is 0 Å². The lowest BCUT2D eigenvalue weighted by Crippen LogP contribution is -1.99. The zero-order chi connectivity index (χ0) is 11.7. The van der Waals surface area contributed by atoms with Crippen LogP contribution in [0.1, 0.15) is 5.69 Å². The van der Waals surface area contributed by atoms with Gasteiger partial charge in [0.15, 0.2) is 0 Å². The largest absolute Gasteiger partial charge is 0.383 e. The molecule has 2 aromatic rings. The lowest BCUT2D eigenvalue weighted by Gasteiger charge is -2.09. The first-order valence-electron chi connectivity index (χ1n) is 4.62. The highest BCUT2D eigenvalue weighted by Crippen LogP contribution is 2.32. The summed E-state index contributed by atoms with van der Waals surface area (Å²) in [5.74, 6) is -0.0529. The molecular formula is C11H9ClFN3. The Bertz CT molecular complexity index is 522. The maximum absolute atomic E-state index is 12.9. The van der Waals surface area contributed by atoms with Gasteiger partial charge in [0, 0.05) is 11.1 Å². The SMILES string of the molecule is Cc1ncnc(N)c1-c1ccc(F)cc1Cl. The van der Waals surface area contributed by atoms with Gasteiger partial charge in [-0.3, -0.25) is 0 Å². The van der Waals surface area contributed by atoms with Crippen LogP contribution in [0.25, 0.3) is 11.1 Å². The fourth-order valence-electron chi connectivity index (χ4n) is 1.52. The summed E-state index contributed by atoms with van der Waals surface area (Å²) in [7, 11) is 0. The predicted octanol–water partition coefficient (Wildman–Crippen LogP) is 2.83. The monoisotopic (exact) mass is 237 g/mol. The van der Waals surface area contributed by atoms with Crippen molar-refractivity contribution in [1.29, 1.82) is 0 Å². The number of aryl methyl sites for hydroxylation is 1. The van der Waals surface area contributed by atoms with Crippen molar-refractivity contribution in [2.45, 2.75) is 6.92 Å². The van der Waals surface area contributed by atoms with Crippen molar-refractivity contribution in [2.24, 2.45) is 0 Å². The quantitative estimate of drug-likeness (QED) is 0.830. The van der Waals surface area contributed by atoms with Crippen molar-refractivity contribution in [3.05, 3.63) is 41.1 Å². The highest BCUT2D eigenvalue weighted by molar-refractivity contribution is 6.33. The molecule has 1 aromatic carbocycles. The Labute approximate surface area is 97.1 Å². The summed E-state index contributed by atoms with van der Waals surface area (Å²) in [5.41, 5.74) is 7.75. The molecule has 0 spiro atoms. The van der Waals surface area contributed by atoms with E-state index in [2.05, 4.69) is 9.97 Å². The standard InChI is InChI=1S/C11H9ClFN3/c1-6-10(11(14)16-5-15-6)8-3-2-7(13)4-9(8)12/h2-5H,1H3,(H2,14,15,16). The number of hydrogen-bond donors (Lipinski definition) is 1. The minimum Gasteiger partial charge on any atom is -0.383 e. The molecule has 82 valence electrons. The fourth-order valence-corrected chi connectivity index (χ4v) is 1.78. The maximum Gasteiger partial charge on any atom is 0.135 e. The summed E-state index contributed by atoms with van der Waals surface area (Å²) in [4.78, 5) is 7.93. The molecule has 0 aliphatic heterocycles. The number of nitrogen functional groups attached to an aromatic ring is 1. The topological polar surface area (TPSA) is 51.8 Å². The van der Waals surface area contributed by atoms with E-state index < -0.39 is 0 Å². The Morgan fingerprint density at radius 2 is 2.06 bits per heavy atom. The molecule has 0 radical (unpaired) electrons. The molecule has 0 bridgehead atoms. The predicted molar refractivity (Wildman–Crippen MR) is 61.6 cm³/mol. The zero-order valence-electron chi connectivity index (χ0n) is 8.54. The number of nitrogens with zero attached hydrogens (tertiary/aromatic N) is 2. The Balaban J connectivity index is 2.68. The summed E-state index contributed by atoms with van der Waals surface area (Å²) in [5, 5.41) is 0.296. The summed E-state index contributed by atoms with van der Waals surface area (Å²) in [6.07, 6.45) is 1.38. The van der Waals surface area contributed by atoms with E-state index in [4.69, 9.17) is 17.3 Å². The lowest BCUT2D eigenvalue weighted by atomic mass is 10.0. The van der Waals surface area contributed by atoms with Crippen molar-refractivity contribution < 1.29 is 4.39 Å². The Morgan fingerprint density at radius 1 is 1.31 bits per heavy atom.